The molecule has 0 spiro atoms. The molecular formula is C16H20N2. The van der Waals surface area contributed by atoms with E-state index in [9.17, 15) is 0 Å². The van der Waals surface area contributed by atoms with Gasteiger partial charge in [0.25, 0.3) is 0 Å². The number of nitrogens with zero attached hydrogens (tertiary/aromatic N) is 1. The molecular weight excluding hydrogens is 220 g/mol. The van der Waals surface area contributed by atoms with Crippen molar-refractivity contribution in [2.45, 2.75) is 38.4 Å². The Morgan fingerprint density at radius 3 is 2.94 bits per heavy atom. The fourth-order valence-electron chi connectivity index (χ4n) is 2.43. The number of nitrogens with one attached hydrogen (secondary N) is 1. The van der Waals surface area contributed by atoms with Gasteiger partial charge >= 0.3 is 0 Å². The van der Waals surface area contributed by atoms with Crippen molar-refractivity contribution in [3.8, 4) is 0 Å². The molecule has 0 aliphatic heterocycles. The Hall–Kier alpha value is -1.54. The molecule has 3 rings (SSSR count). The van der Waals surface area contributed by atoms with Crippen LogP contribution >= 0.6 is 0 Å². The molecule has 1 N–H and O–H groups in total. The Bertz CT molecular complexity index is 549. The lowest BCUT2D eigenvalue weighted by atomic mass is 10.2. The van der Waals surface area contributed by atoms with E-state index in [2.05, 4.69) is 46.8 Å². The Balaban J connectivity index is 1.90. The van der Waals surface area contributed by atoms with Crippen molar-refractivity contribution in [2.24, 2.45) is 0 Å². The lowest BCUT2D eigenvalue weighted by molar-refractivity contribution is 0.621. The summed E-state index contributed by atoms with van der Waals surface area (Å²) in [6, 6.07) is 11.7. The van der Waals surface area contributed by atoms with Crippen LogP contribution in [-0.4, -0.2) is 10.6 Å². The molecule has 18 heavy (non-hydrogen) atoms. The molecule has 0 atom stereocenters. The molecule has 1 aromatic heterocycles. The van der Waals surface area contributed by atoms with Crippen LogP contribution in [0.3, 0.4) is 0 Å². The van der Waals surface area contributed by atoms with Crippen molar-refractivity contribution in [3.63, 3.8) is 0 Å². The maximum atomic E-state index is 3.83. The summed E-state index contributed by atoms with van der Waals surface area (Å²) in [5, 5.41) is 4.95. The van der Waals surface area contributed by atoms with Gasteiger partial charge in [0.05, 0.1) is 0 Å². The lowest BCUT2D eigenvalue weighted by Gasteiger charge is -2.10. The first-order valence-corrected chi connectivity index (χ1v) is 6.80. The summed E-state index contributed by atoms with van der Waals surface area (Å²) in [4.78, 5) is 0. The predicted molar refractivity (Wildman–Crippen MR) is 76.6 cm³/mol. The number of hydrogen-bond donors (Lipinski definition) is 1. The van der Waals surface area contributed by atoms with E-state index in [1.54, 1.807) is 0 Å². The molecule has 2 nitrogen and oxygen atoms in total. The maximum absolute atomic E-state index is 3.83. The summed E-state index contributed by atoms with van der Waals surface area (Å²) in [7, 11) is 0. The molecule has 2 heteroatoms. The van der Waals surface area contributed by atoms with Crippen molar-refractivity contribution in [2.75, 3.05) is 0 Å². The number of aryl methyl sites for hydroxylation is 1. The van der Waals surface area contributed by atoms with E-state index in [1.807, 2.05) is 6.08 Å². The second-order valence-corrected chi connectivity index (χ2v) is 5.08. The van der Waals surface area contributed by atoms with Gasteiger partial charge in [0, 0.05) is 30.3 Å². The first-order valence-electron chi connectivity index (χ1n) is 6.80. The highest BCUT2D eigenvalue weighted by Gasteiger charge is 2.20. The zero-order valence-corrected chi connectivity index (χ0v) is 10.7. The molecule has 0 saturated heterocycles. The van der Waals surface area contributed by atoms with Crippen LogP contribution in [0.25, 0.3) is 10.9 Å². The first-order chi connectivity index (χ1) is 8.88. The average molecular weight is 240 g/mol. The smallest absolute Gasteiger partial charge is 0.0483 e. The van der Waals surface area contributed by atoms with E-state index in [0.29, 0.717) is 0 Å². The Morgan fingerprint density at radius 2 is 2.17 bits per heavy atom. The van der Waals surface area contributed by atoms with Gasteiger partial charge in [-0.2, -0.15) is 0 Å². The van der Waals surface area contributed by atoms with E-state index in [1.165, 1.54) is 29.4 Å². The quantitative estimate of drug-likeness (QED) is 0.765. The zero-order valence-electron chi connectivity index (χ0n) is 10.7. The second kappa shape index (κ2) is 4.99. The summed E-state index contributed by atoms with van der Waals surface area (Å²) in [6.07, 6.45) is 5.70. The molecule has 2 aromatic rings. The van der Waals surface area contributed by atoms with Gasteiger partial charge in [0.2, 0.25) is 0 Å². The van der Waals surface area contributed by atoms with Gasteiger partial charge in [-0.15, -0.1) is 6.58 Å². The largest absolute Gasteiger partial charge is 0.343 e. The average Bonchev–Trinajstić information content (AvgIpc) is 3.16. The van der Waals surface area contributed by atoms with Crippen LogP contribution in [0.1, 0.15) is 25.0 Å². The zero-order chi connectivity index (χ0) is 12.4. The highest BCUT2D eigenvalue weighted by atomic mass is 15.0. The van der Waals surface area contributed by atoms with E-state index < -0.39 is 0 Å². The molecule has 1 aliphatic carbocycles. The standard InChI is InChI=1S/C16H20N2/c1-2-3-10-18-15(12-17-14-8-9-14)11-13-6-4-5-7-16(13)18/h2,4-7,11,14,17H,1,3,8-10,12H2. The van der Waals surface area contributed by atoms with Crippen molar-refractivity contribution in [1.82, 2.24) is 9.88 Å². The third kappa shape index (κ3) is 2.34. The number of rotatable bonds is 6. The molecule has 0 unspecified atom stereocenters. The molecule has 1 heterocycles. The predicted octanol–water partition coefficient (Wildman–Crippen LogP) is 3.47. The SMILES string of the molecule is C=CCCn1c(CNC2CC2)cc2ccccc21. The molecule has 1 saturated carbocycles. The topological polar surface area (TPSA) is 17.0 Å². The maximum Gasteiger partial charge on any atom is 0.0483 e. The van der Waals surface area contributed by atoms with Crippen LogP contribution in [-0.2, 0) is 13.1 Å². The van der Waals surface area contributed by atoms with E-state index in [0.717, 1.165) is 25.6 Å². The highest BCUT2D eigenvalue weighted by molar-refractivity contribution is 5.81. The minimum Gasteiger partial charge on any atom is -0.343 e. The third-order valence-corrected chi connectivity index (χ3v) is 3.60. The van der Waals surface area contributed by atoms with Crippen LogP contribution in [0.4, 0.5) is 0 Å². The minimum atomic E-state index is 0.760. The minimum absolute atomic E-state index is 0.760. The van der Waals surface area contributed by atoms with Crippen LogP contribution in [0.15, 0.2) is 43.0 Å². The third-order valence-electron chi connectivity index (χ3n) is 3.60. The van der Waals surface area contributed by atoms with E-state index in [4.69, 9.17) is 0 Å². The van der Waals surface area contributed by atoms with E-state index >= 15 is 0 Å². The molecule has 0 bridgehead atoms. The van der Waals surface area contributed by atoms with Crippen LogP contribution < -0.4 is 5.32 Å². The van der Waals surface area contributed by atoms with Gasteiger partial charge in [-0.25, -0.2) is 0 Å². The van der Waals surface area contributed by atoms with Gasteiger partial charge in [-0.05, 0) is 36.8 Å². The number of hydrogen-bond acceptors (Lipinski definition) is 1. The van der Waals surface area contributed by atoms with E-state index in [-0.39, 0.29) is 0 Å². The number of para-hydroxylation sites is 1. The van der Waals surface area contributed by atoms with Crippen LogP contribution in [0, 0.1) is 0 Å². The number of benzene rings is 1. The molecule has 94 valence electrons. The summed E-state index contributed by atoms with van der Waals surface area (Å²) in [5.74, 6) is 0. The van der Waals surface area contributed by atoms with Gasteiger partial charge in [0.15, 0.2) is 0 Å². The molecule has 0 amide bonds. The molecule has 1 aromatic carbocycles. The highest BCUT2D eigenvalue weighted by Crippen LogP contribution is 2.23. The fraction of sp³-hybridized carbons (Fsp3) is 0.375. The summed E-state index contributed by atoms with van der Waals surface area (Å²) < 4.78 is 2.42. The van der Waals surface area contributed by atoms with Crippen LogP contribution in [0.5, 0.6) is 0 Å². The molecule has 1 fully saturated rings. The van der Waals surface area contributed by atoms with Crippen molar-refractivity contribution >= 4 is 10.9 Å². The van der Waals surface area contributed by atoms with Gasteiger partial charge < -0.3 is 9.88 Å². The summed E-state index contributed by atoms with van der Waals surface area (Å²) in [5.41, 5.74) is 2.73. The lowest BCUT2D eigenvalue weighted by Crippen LogP contribution is -2.18. The normalized spacial score (nSPS) is 15.1. The number of aromatic nitrogens is 1. The van der Waals surface area contributed by atoms with Gasteiger partial charge in [-0.3, -0.25) is 0 Å². The molecule has 0 radical (unpaired) electrons. The van der Waals surface area contributed by atoms with Crippen molar-refractivity contribution in [1.29, 1.82) is 0 Å². The summed E-state index contributed by atoms with van der Waals surface area (Å²) >= 11 is 0. The molecule has 1 aliphatic rings. The second-order valence-electron chi connectivity index (χ2n) is 5.08. The monoisotopic (exact) mass is 240 g/mol. The first kappa shape index (κ1) is 11.5. The van der Waals surface area contributed by atoms with Gasteiger partial charge in [0.1, 0.15) is 0 Å². The summed E-state index contributed by atoms with van der Waals surface area (Å²) in [6.45, 7) is 5.83. The van der Waals surface area contributed by atoms with Crippen molar-refractivity contribution in [3.05, 3.63) is 48.7 Å². The fourth-order valence-corrected chi connectivity index (χ4v) is 2.43. The Kier molecular flexibility index (Phi) is 3.20. The van der Waals surface area contributed by atoms with Crippen molar-refractivity contribution < 1.29 is 0 Å². The number of allylic oxidation sites excluding steroid dienone is 1. The van der Waals surface area contributed by atoms with Gasteiger partial charge in [-0.1, -0.05) is 24.3 Å². The Morgan fingerprint density at radius 1 is 1.33 bits per heavy atom. The van der Waals surface area contributed by atoms with Crippen LogP contribution in [0.2, 0.25) is 0 Å². The Labute approximate surface area is 108 Å². The number of fused-ring (bicyclic) bond motifs is 1.